The molecule has 1 saturated heterocycles. The molecule has 0 aliphatic carbocycles. The minimum Gasteiger partial charge on any atom is -0.354 e. The average Bonchev–Trinajstić information content (AvgIpc) is 2.89. The van der Waals surface area contributed by atoms with E-state index >= 15 is 0 Å². The second-order valence-corrected chi connectivity index (χ2v) is 9.78. The van der Waals surface area contributed by atoms with Gasteiger partial charge in [-0.3, -0.25) is 9.79 Å². The Kier molecular flexibility index (Phi) is 8.14. The molecule has 0 spiro atoms. The second kappa shape index (κ2) is 11.5. The van der Waals surface area contributed by atoms with E-state index in [0.717, 1.165) is 76.7 Å². The number of nitrogens with zero attached hydrogens (tertiary/aromatic N) is 4. The normalized spacial score (nSPS) is 15.1. The number of Topliss-reactive ketones (excluding diaryl/α,β-unsaturated/α-hetero) is 1. The molecule has 0 bridgehead atoms. The van der Waals surface area contributed by atoms with Gasteiger partial charge in [-0.15, -0.1) is 0 Å². The number of carbonyl (C=O) groups excluding carboxylic acids is 1. The molecular weight excluding hydrogens is 456 g/mol. The highest BCUT2D eigenvalue weighted by atomic mass is 16.1. The largest absolute Gasteiger partial charge is 0.354 e. The molecule has 2 heterocycles. The maximum Gasteiger partial charge on any atom is 0.160 e. The third kappa shape index (κ3) is 5.95. The van der Waals surface area contributed by atoms with Crippen LogP contribution in [0.5, 0.6) is 0 Å². The number of carbonyl (C=O) groups is 1. The molecule has 37 heavy (non-hydrogen) atoms. The number of rotatable bonds is 7. The van der Waals surface area contributed by atoms with Gasteiger partial charge in [-0.1, -0.05) is 54.6 Å². The summed E-state index contributed by atoms with van der Waals surface area (Å²) >= 11 is 0. The molecule has 190 valence electrons. The number of allylic oxidation sites excluding steroid dienone is 2. The van der Waals surface area contributed by atoms with E-state index in [2.05, 4.69) is 59.6 Å². The summed E-state index contributed by atoms with van der Waals surface area (Å²) in [6.45, 7) is 13.8. The number of pyridine rings is 1. The standard InChI is InChI=1S/C32H36N4O/c1-22(2)27-9-7-8-10-29(27)30(24(4)37)20-25-11-13-28(23(3)19-25)32(33-5)26-12-14-31(34-21-26)36-17-15-35(6)16-18-36/h7-14,19-21H,1,15-18H2,2-6H3. The van der Waals surface area contributed by atoms with Crippen LogP contribution in [0.3, 0.4) is 0 Å². The number of piperazine rings is 1. The molecule has 0 radical (unpaired) electrons. The zero-order chi connectivity index (χ0) is 26.5. The lowest BCUT2D eigenvalue weighted by atomic mass is 9.91. The van der Waals surface area contributed by atoms with Gasteiger partial charge in [0.1, 0.15) is 5.82 Å². The van der Waals surface area contributed by atoms with Crippen molar-refractivity contribution < 1.29 is 4.79 Å². The highest BCUT2D eigenvalue weighted by Gasteiger charge is 2.17. The summed E-state index contributed by atoms with van der Waals surface area (Å²) in [5.74, 6) is 1.04. The van der Waals surface area contributed by atoms with Crippen LogP contribution in [0.2, 0.25) is 0 Å². The van der Waals surface area contributed by atoms with Crippen LogP contribution < -0.4 is 4.90 Å². The molecule has 1 aromatic heterocycles. The fraction of sp³-hybridized carbons (Fsp3) is 0.281. The third-order valence-electron chi connectivity index (χ3n) is 6.95. The summed E-state index contributed by atoms with van der Waals surface area (Å²) in [5.41, 5.74) is 8.54. The van der Waals surface area contributed by atoms with Gasteiger partial charge in [0.15, 0.2) is 5.78 Å². The Morgan fingerprint density at radius 3 is 2.24 bits per heavy atom. The van der Waals surface area contributed by atoms with Crippen LogP contribution in [-0.4, -0.2) is 61.7 Å². The molecule has 2 aromatic carbocycles. The van der Waals surface area contributed by atoms with E-state index in [4.69, 9.17) is 4.98 Å². The Morgan fingerprint density at radius 1 is 0.973 bits per heavy atom. The first-order chi connectivity index (χ1) is 17.8. The number of hydrogen-bond acceptors (Lipinski definition) is 5. The van der Waals surface area contributed by atoms with Gasteiger partial charge >= 0.3 is 0 Å². The fourth-order valence-corrected chi connectivity index (χ4v) is 4.82. The molecule has 1 aliphatic heterocycles. The van der Waals surface area contributed by atoms with Gasteiger partial charge in [-0.2, -0.15) is 0 Å². The molecule has 1 aliphatic rings. The van der Waals surface area contributed by atoms with Gasteiger partial charge < -0.3 is 9.80 Å². The number of aryl methyl sites for hydroxylation is 1. The maximum absolute atomic E-state index is 12.6. The van der Waals surface area contributed by atoms with Crippen molar-refractivity contribution in [3.05, 3.63) is 101 Å². The second-order valence-electron chi connectivity index (χ2n) is 9.78. The quantitative estimate of drug-likeness (QED) is 0.239. The monoisotopic (exact) mass is 492 g/mol. The van der Waals surface area contributed by atoms with Crippen molar-refractivity contribution in [2.45, 2.75) is 20.8 Å². The third-order valence-corrected chi connectivity index (χ3v) is 6.95. The van der Waals surface area contributed by atoms with Crippen LogP contribution in [0.4, 0.5) is 5.82 Å². The fourth-order valence-electron chi connectivity index (χ4n) is 4.82. The SMILES string of the molecule is C=C(C)c1ccccc1C(=Cc1ccc(C(=NC)c2ccc(N3CCN(C)CC3)nc2)c(C)c1)C(C)=O. The lowest BCUT2D eigenvalue weighted by molar-refractivity contribution is -0.111. The lowest BCUT2D eigenvalue weighted by Gasteiger charge is -2.33. The smallest absolute Gasteiger partial charge is 0.160 e. The van der Waals surface area contributed by atoms with E-state index in [1.54, 1.807) is 6.92 Å². The number of ketones is 1. The maximum atomic E-state index is 12.6. The zero-order valence-corrected chi connectivity index (χ0v) is 22.6. The number of aliphatic imine (C=N–C) groups is 1. The van der Waals surface area contributed by atoms with Crippen molar-refractivity contribution in [2.75, 3.05) is 45.2 Å². The first-order valence-electron chi connectivity index (χ1n) is 12.7. The topological polar surface area (TPSA) is 48.8 Å². The Labute approximate surface area is 220 Å². The van der Waals surface area contributed by atoms with Gasteiger partial charge in [0.2, 0.25) is 0 Å². The molecule has 0 N–H and O–H groups in total. The molecule has 5 nitrogen and oxygen atoms in total. The molecule has 4 rings (SSSR count). The summed E-state index contributed by atoms with van der Waals surface area (Å²) in [4.78, 5) is 26.7. The van der Waals surface area contributed by atoms with E-state index in [9.17, 15) is 4.79 Å². The minimum atomic E-state index is 0.0257. The van der Waals surface area contributed by atoms with Crippen molar-refractivity contribution in [2.24, 2.45) is 4.99 Å². The molecule has 3 aromatic rings. The summed E-state index contributed by atoms with van der Waals surface area (Å²) < 4.78 is 0. The average molecular weight is 493 g/mol. The van der Waals surface area contributed by atoms with Crippen molar-refractivity contribution >= 4 is 34.5 Å². The van der Waals surface area contributed by atoms with E-state index in [1.807, 2.05) is 56.6 Å². The Balaban J connectivity index is 1.62. The molecular formula is C32H36N4O. The van der Waals surface area contributed by atoms with Crippen LogP contribution in [-0.2, 0) is 4.79 Å². The first-order valence-corrected chi connectivity index (χ1v) is 12.7. The Hall–Kier alpha value is -3.83. The predicted octanol–water partition coefficient (Wildman–Crippen LogP) is 5.77. The number of benzene rings is 2. The Bertz CT molecular complexity index is 1360. The van der Waals surface area contributed by atoms with Gasteiger partial charge in [0.25, 0.3) is 0 Å². The minimum absolute atomic E-state index is 0.0257. The highest BCUT2D eigenvalue weighted by molar-refractivity contribution is 6.25. The molecule has 0 atom stereocenters. The zero-order valence-electron chi connectivity index (χ0n) is 22.6. The van der Waals surface area contributed by atoms with Crippen molar-refractivity contribution in [1.82, 2.24) is 9.88 Å². The van der Waals surface area contributed by atoms with Crippen LogP contribution in [0.25, 0.3) is 17.2 Å². The summed E-state index contributed by atoms with van der Waals surface area (Å²) in [6.07, 6.45) is 3.89. The lowest BCUT2D eigenvalue weighted by Crippen LogP contribution is -2.44. The van der Waals surface area contributed by atoms with Crippen LogP contribution in [0.1, 0.15) is 47.2 Å². The van der Waals surface area contributed by atoms with E-state index < -0.39 is 0 Å². The van der Waals surface area contributed by atoms with E-state index in [0.29, 0.717) is 5.57 Å². The molecule has 1 fully saturated rings. The van der Waals surface area contributed by atoms with Crippen LogP contribution in [0.15, 0.2) is 72.4 Å². The first kappa shape index (κ1) is 26.2. The predicted molar refractivity (Wildman–Crippen MR) is 156 cm³/mol. The number of anilines is 1. The van der Waals surface area contributed by atoms with Crippen LogP contribution >= 0.6 is 0 Å². The molecule has 0 unspecified atom stereocenters. The van der Waals surface area contributed by atoms with Crippen molar-refractivity contribution in [3.63, 3.8) is 0 Å². The van der Waals surface area contributed by atoms with E-state index in [1.165, 1.54) is 0 Å². The summed E-state index contributed by atoms with van der Waals surface area (Å²) in [7, 11) is 3.97. The van der Waals surface area contributed by atoms with E-state index in [-0.39, 0.29) is 5.78 Å². The molecule has 0 amide bonds. The summed E-state index contributed by atoms with van der Waals surface area (Å²) in [5, 5.41) is 0. The Morgan fingerprint density at radius 2 is 1.68 bits per heavy atom. The molecule has 5 heteroatoms. The summed E-state index contributed by atoms with van der Waals surface area (Å²) in [6, 6.07) is 18.4. The van der Waals surface area contributed by atoms with Gasteiger partial charge in [-0.25, -0.2) is 4.98 Å². The van der Waals surface area contributed by atoms with Crippen LogP contribution in [0, 0.1) is 6.92 Å². The van der Waals surface area contributed by atoms with Gasteiger partial charge in [0, 0.05) is 56.1 Å². The van der Waals surface area contributed by atoms with Gasteiger partial charge in [-0.05, 0) is 68.3 Å². The molecule has 0 saturated carbocycles. The highest BCUT2D eigenvalue weighted by Crippen LogP contribution is 2.28. The van der Waals surface area contributed by atoms with Gasteiger partial charge in [0.05, 0.1) is 5.71 Å². The number of likely N-dealkylation sites (N-methyl/N-ethyl adjacent to an activating group) is 1. The van der Waals surface area contributed by atoms with Crippen molar-refractivity contribution in [1.29, 1.82) is 0 Å². The van der Waals surface area contributed by atoms with Crippen molar-refractivity contribution in [3.8, 4) is 0 Å². The number of hydrogen-bond donors (Lipinski definition) is 0. The number of aromatic nitrogens is 1.